The summed E-state index contributed by atoms with van der Waals surface area (Å²) in [5.41, 5.74) is 1.80. The number of hydrogen-bond donors (Lipinski definition) is 1. The Morgan fingerprint density at radius 1 is 1.25 bits per heavy atom. The zero-order valence-corrected chi connectivity index (χ0v) is 17.7. The fraction of sp³-hybridized carbons (Fsp3) is 0.591. The van der Waals surface area contributed by atoms with E-state index in [4.69, 9.17) is 9.47 Å². The quantitative estimate of drug-likeness (QED) is 0.490. The molecule has 0 aromatic heterocycles. The van der Waals surface area contributed by atoms with Gasteiger partial charge < -0.3 is 19.7 Å². The summed E-state index contributed by atoms with van der Waals surface area (Å²) in [5, 5.41) is 2.93. The van der Waals surface area contributed by atoms with Gasteiger partial charge in [0.2, 0.25) is 0 Å². The van der Waals surface area contributed by atoms with Crippen molar-refractivity contribution >= 4 is 17.3 Å². The molecule has 0 saturated carbocycles. The van der Waals surface area contributed by atoms with Gasteiger partial charge in [-0.2, -0.15) is 0 Å². The van der Waals surface area contributed by atoms with Crippen LogP contribution in [0.5, 0.6) is 5.75 Å². The first-order valence-electron chi connectivity index (χ1n) is 10.3. The van der Waals surface area contributed by atoms with Crippen LogP contribution in [0.2, 0.25) is 0 Å². The predicted octanol–water partition coefficient (Wildman–Crippen LogP) is 3.54. The average Bonchev–Trinajstić information content (AvgIpc) is 2.69. The van der Waals surface area contributed by atoms with E-state index in [1.165, 1.54) is 0 Å². The van der Waals surface area contributed by atoms with Crippen molar-refractivity contribution in [1.29, 1.82) is 0 Å². The number of ether oxygens (including phenoxy) is 2. The van der Waals surface area contributed by atoms with Crippen LogP contribution in [-0.2, 0) is 9.53 Å². The van der Waals surface area contributed by atoms with Crippen molar-refractivity contribution in [3.63, 3.8) is 0 Å². The second-order valence-electron chi connectivity index (χ2n) is 7.31. The first-order valence-corrected chi connectivity index (χ1v) is 10.3. The Bertz CT molecular complexity index is 640. The highest BCUT2D eigenvalue weighted by Crippen LogP contribution is 2.31. The highest BCUT2D eigenvalue weighted by molar-refractivity contribution is 5.95. The van der Waals surface area contributed by atoms with E-state index in [0.717, 1.165) is 38.3 Å². The topological polar surface area (TPSA) is 54.0 Å². The van der Waals surface area contributed by atoms with E-state index in [1.54, 1.807) is 13.0 Å². The number of piperazine rings is 1. The zero-order valence-electron chi connectivity index (χ0n) is 17.7. The van der Waals surface area contributed by atoms with E-state index >= 15 is 0 Å². The largest absolute Gasteiger partial charge is 0.492 e. The van der Waals surface area contributed by atoms with Crippen LogP contribution in [0.1, 0.15) is 34.1 Å². The number of nitrogens with zero attached hydrogens (tertiary/aromatic N) is 2. The number of benzene rings is 1. The number of carbonyl (C=O) groups excluding carboxylic acids is 1. The van der Waals surface area contributed by atoms with Crippen LogP contribution in [-0.4, -0.2) is 62.3 Å². The molecule has 1 aliphatic heterocycles. The fourth-order valence-corrected chi connectivity index (χ4v) is 3.22. The van der Waals surface area contributed by atoms with Crippen molar-refractivity contribution < 1.29 is 14.3 Å². The molecule has 1 aliphatic rings. The monoisotopic (exact) mass is 389 g/mol. The Labute approximate surface area is 169 Å². The summed E-state index contributed by atoms with van der Waals surface area (Å²) in [6.45, 7) is 16.9. The van der Waals surface area contributed by atoms with Gasteiger partial charge in [-0.05, 0) is 46.2 Å². The van der Waals surface area contributed by atoms with E-state index < -0.39 is 6.10 Å². The lowest BCUT2D eigenvalue weighted by molar-refractivity contribution is -0.126. The Morgan fingerprint density at radius 3 is 2.57 bits per heavy atom. The van der Waals surface area contributed by atoms with Gasteiger partial charge in [0.15, 0.2) is 0 Å². The molecule has 6 nitrogen and oxygen atoms in total. The van der Waals surface area contributed by atoms with Crippen molar-refractivity contribution in [2.24, 2.45) is 0 Å². The lowest BCUT2D eigenvalue weighted by Crippen LogP contribution is -2.48. The summed E-state index contributed by atoms with van der Waals surface area (Å²) in [6, 6.07) is 6.57. The second kappa shape index (κ2) is 11.1. The van der Waals surface area contributed by atoms with E-state index in [-0.39, 0.29) is 5.91 Å². The maximum Gasteiger partial charge on any atom is 0.253 e. The minimum absolute atomic E-state index is 0.177. The number of hydrogen-bond acceptors (Lipinski definition) is 5. The van der Waals surface area contributed by atoms with Crippen LogP contribution in [0.3, 0.4) is 0 Å². The fourth-order valence-electron chi connectivity index (χ4n) is 3.22. The smallest absolute Gasteiger partial charge is 0.253 e. The first kappa shape index (κ1) is 22.2. The van der Waals surface area contributed by atoms with E-state index in [1.807, 2.05) is 25.1 Å². The number of rotatable bonds is 10. The number of amides is 1. The molecule has 0 radical (unpaired) electrons. The summed E-state index contributed by atoms with van der Waals surface area (Å²) in [5.74, 6) is 0.515. The SMILES string of the molecule is C=CCCO[C@@H](C)C(=O)Nc1ccc(N2CCN(C(C)C)CC2)cc1OCC. The van der Waals surface area contributed by atoms with Gasteiger partial charge in [-0.3, -0.25) is 9.69 Å². The maximum atomic E-state index is 12.4. The van der Waals surface area contributed by atoms with Crippen LogP contribution in [0.15, 0.2) is 30.9 Å². The molecule has 0 bridgehead atoms. The summed E-state index contributed by atoms with van der Waals surface area (Å²) in [4.78, 5) is 17.3. The summed E-state index contributed by atoms with van der Waals surface area (Å²) in [7, 11) is 0. The molecule has 0 unspecified atom stereocenters. The molecular formula is C22H35N3O3. The molecule has 28 heavy (non-hydrogen) atoms. The third-order valence-electron chi connectivity index (χ3n) is 4.99. The number of nitrogens with one attached hydrogen (secondary N) is 1. The molecule has 1 atom stereocenters. The van der Waals surface area contributed by atoms with Crippen molar-refractivity contribution in [3.8, 4) is 5.75 Å². The molecule has 156 valence electrons. The third kappa shape index (κ3) is 6.24. The highest BCUT2D eigenvalue weighted by Gasteiger charge is 2.21. The molecule has 1 fully saturated rings. The van der Waals surface area contributed by atoms with E-state index in [2.05, 4.69) is 35.5 Å². The number of anilines is 2. The van der Waals surface area contributed by atoms with Gasteiger partial charge in [0.25, 0.3) is 5.91 Å². The average molecular weight is 390 g/mol. The Hall–Kier alpha value is -2.05. The van der Waals surface area contributed by atoms with Crippen molar-refractivity contribution in [2.75, 3.05) is 49.6 Å². The van der Waals surface area contributed by atoms with Gasteiger partial charge in [-0.1, -0.05) is 6.08 Å². The molecule has 6 heteroatoms. The van der Waals surface area contributed by atoms with Crippen molar-refractivity contribution in [1.82, 2.24) is 4.90 Å². The van der Waals surface area contributed by atoms with Crippen LogP contribution < -0.4 is 15.0 Å². The van der Waals surface area contributed by atoms with Gasteiger partial charge in [-0.25, -0.2) is 0 Å². The molecule has 1 heterocycles. The molecule has 0 aliphatic carbocycles. The lowest BCUT2D eigenvalue weighted by atomic mass is 10.2. The van der Waals surface area contributed by atoms with Crippen LogP contribution in [0, 0.1) is 0 Å². The highest BCUT2D eigenvalue weighted by atomic mass is 16.5. The molecule has 1 aromatic carbocycles. The molecule has 1 amide bonds. The van der Waals surface area contributed by atoms with E-state index in [9.17, 15) is 4.79 Å². The molecule has 1 aromatic rings. The molecule has 1 N–H and O–H groups in total. The van der Waals surface area contributed by atoms with E-state index in [0.29, 0.717) is 30.7 Å². The Kier molecular flexibility index (Phi) is 8.80. The first-order chi connectivity index (χ1) is 13.5. The van der Waals surface area contributed by atoms with Gasteiger partial charge in [0.1, 0.15) is 11.9 Å². The zero-order chi connectivity index (χ0) is 20.5. The molecular weight excluding hydrogens is 354 g/mol. The summed E-state index contributed by atoms with van der Waals surface area (Å²) in [6.07, 6.45) is 1.97. The van der Waals surface area contributed by atoms with Crippen LogP contribution in [0.25, 0.3) is 0 Å². The minimum Gasteiger partial charge on any atom is -0.492 e. The van der Waals surface area contributed by atoms with Crippen molar-refractivity contribution in [2.45, 2.75) is 46.3 Å². The predicted molar refractivity (Wildman–Crippen MR) is 115 cm³/mol. The van der Waals surface area contributed by atoms with Gasteiger partial charge in [-0.15, -0.1) is 6.58 Å². The standard InChI is InChI=1S/C22H35N3O3/c1-6-8-15-28-18(5)22(26)23-20-10-9-19(16-21(20)27-7-2)25-13-11-24(12-14-25)17(3)4/h6,9-10,16-18H,1,7-8,11-15H2,2-5H3,(H,23,26)/t18-/m0/s1. The van der Waals surface area contributed by atoms with Crippen LogP contribution in [0.4, 0.5) is 11.4 Å². The summed E-state index contributed by atoms with van der Waals surface area (Å²) >= 11 is 0. The van der Waals surface area contributed by atoms with Gasteiger partial charge in [0, 0.05) is 44.0 Å². The second-order valence-corrected chi connectivity index (χ2v) is 7.31. The Morgan fingerprint density at radius 2 is 1.96 bits per heavy atom. The maximum absolute atomic E-state index is 12.4. The molecule has 2 rings (SSSR count). The van der Waals surface area contributed by atoms with Crippen LogP contribution >= 0.6 is 0 Å². The van der Waals surface area contributed by atoms with Gasteiger partial charge >= 0.3 is 0 Å². The summed E-state index contributed by atoms with van der Waals surface area (Å²) < 4.78 is 11.3. The number of carbonyl (C=O) groups is 1. The normalized spacial score (nSPS) is 16.1. The Balaban J connectivity index is 2.04. The van der Waals surface area contributed by atoms with Gasteiger partial charge in [0.05, 0.1) is 18.9 Å². The molecule has 0 spiro atoms. The van der Waals surface area contributed by atoms with Crippen molar-refractivity contribution in [3.05, 3.63) is 30.9 Å². The molecule has 1 saturated heterocycles. The minimum atomic E-state index is -0.529. The third-order valence-corrected chi connectivity index (χ3v) is 4.99. The lowest BCUT2D eigenvalue weighted by Gasteiger charge is -2.38.